The van der Waals surface area contributed by atoms with Crippen LogP contribution in [0.5, 0.6) is 0 Å². The predicted molar refractivity (Wildman–Crippen MR) is 116 cm³/mol. The highest BCUT2D eigenvalue weighted by Crippen LogP contribution is 2.48. The van der Waals surface area contributed by atoms with Crippen LogP contribution in [0.25, 0.3) is 11.0 Å². The van der Waals surface area contributed by atoms with Crippen LogP contribution >= 0.6 is 0 Å². The lowest BCUT2D eigenvalue weighted by Gasteiger charge is -2.24. The molecule has 2 N–H and O–H groups in total. The number of aromatic nitrogens is 2. The quantitative estimate of drug-likeness (QED) is 0.584. The van der Waals surface area contributed by atoms with Gasteiger partial charge in [-0.3, -0.25) is 9.59 Å². The Morgan fingerprint density at radius 3 is 2.61 bits per heavy atom. The van der Waals surface area contributed by atoms with E-state index in [9.17, 15) is 22.8 Å². The van der Waals surface area contributed by atoms with E-state index < -0.39 is 11.7 Å². The number of benzene rings is 2. The lowest BCUT2D eigenvalue weighted by molar-refractivity contribution is -0.137. The third kappa shape index (κ3) is 4.44. The first-order valence-corrected chi connectivity index (χ1v) is 11.0. The molecule has 0 bridgehead atoms. The number of hydrogen-bond acceptors (Lipinski definition) is 3. The molecule has 2 amide bonds. The summed E-state index contributed by atoms with van der Waals surface area (Å²) >= 11 is 0. The number of fused-ring (bicyclic) bond motifs is 1. The fraction of sp³-hybridized carbons (Fsp3) is 0.375. The van der Waals surface area contributed by atoms with Crippen molar-refractivity contribution in [2.45, 2.75) is 43.8 Å². The second-order valence-electron chi connectivity index (χ2n) is 8.74. The van der Waals surface area contributed by atoms with Gasteiger partial charge in [-0.15, -0.1) is 0 Å². The molecule has 5 rings (SSSR count). The molecule has 172 valence electrons. The maximum Gasteiger partial charge on any atom is 0.416 e. The van der Waals surface area contributed by atoms with Crippen LogP contribution in [0.1, 0.15) is 43.0 Å². The summed E-state index contributed by atoms with van der Waals surface area (Å²) in [5.41, 5.74) is 1.36. The first kappa shape index (κ1) is 21.5. The largest absolute Gasteiger partial charge is 0.416 e. The second kappa shape index (κ2) is 8.20. The van der Waals surface area contributed by atoms with Gasteiger partial charge in [-0.2, -0.15) is 13.2 Å². The Labute approximate surface area is 188 Å². The van der Waals surface area contributed by atoms with Gasteiger partial charge in [-0.25, -0.2) is 4.98 Å². The third-order valence-electron chi connectivity index (χ3n) is 6.44. The molecule has 1 aliphatic heterocycles. The number of carbonyl (C=O) groups excluding carboxylic acids is 2. The number of halogens is 3. The summed E-state index contributed by atoms with van der Waals surface area (Å²) in [5.74, 6) is 0.482. The number of nitrogens with zero attached hydrogens (tertiary/aromatic N) is 2. The Balaban J connectivity index is 1.19. The van der Waals surface area contributed by atoms with Gasteiger partial charge < -0.3 is 15.2 Å². The third-order valence-corrected chi connectivity index (χ3v) is 6.44. The van der Waals surface area contributed by atoms with Gasteiger partial charge >= 0.3 is 6.18 Å². The van der Waals surface area contributed by atoms with Crippen LogP contribution in [0.15, 0.2) is 48.5 Å². The van der Waals surface area contributed by atoms with Crippen LogP contribution < -0.4 is 5.32 Å². The fourth-order valence-electron chi connectivity index (χ4n) is 4.64. The van der Waals surface area contributed by atoms with Gasteiger partial charge in [0.25, 0.3) is 0 Å². The molecule has 1 saturated carbocycles. The molecule has 0 radical (unpaired) electrons. The summed E-state index contributed by atoms with van der Waals surface area (Å²) in [4.78, 5) is 35.3. The van der Waals surface area contributed by atoms with Crippen molar-refractivity contribution in [3.8, 4) is 0 Å². The number of H-pyrrole nitrogens is 1. The van der Waals surface area contributed by atoms with Gasteiger partial charge in [-0.1, -0.05) is 12.1 Å². The van der Waals surface area contributed by atoms with Crippen molar-refractivity contribution in [1.29, 1.82) is 0 Å². The summed E-state index contributed by atoms with van der Waals surface area (Å²) in [6.45, 7) is 0.612. The van der Waals surface area contributed by atoms with E-state index in [0.717, 1.165) is 48.3 Å². The minimum atomic E-state index is -4.42. The number of likely N-dealkylation sites (tertiary alicyclic amines) is 1. The van der Waals surface area contributed by atoms with Crippen LogP contribution in [-0.4, -0.2) is 39.3 Å². The molecule has 9 heteroatoms. The molecular weight excluding hydrogens is 433 g/mol. The van der Waals surface area contributed by atoms with Crippen LogP contribution in [0.4, 0.5) is 18.9 Å². The highest BCUT2D eigenvalue weighted by Gasteiger charge is 2.49. The zero-order valence-corrected chi connectivity index (χ0v) is 17.7. The Bertz CT molecular complexity index is 1160. The van der Waals surface area contributed by atoms with E-state index in [1.807, 2.05) is 24.3 Å². The number of anilines is 1. The van der Waals surface area contributed by atoms with Crippen LogP contribution in [0.2, 0.25) is 0 Å². The maximum absolute atomic E-state index is 13.1. The van der Waals surface area contributed by atoms with Crippen LogP contribution in [-0.2, 0) is 15.8 Å². The molecule has 6 nitrogen and oxygen atoms in total. The highest BCUT2D eigenvalue weighted by molar-refractivity contribution is 5.92. The van der Waals surface area contributed by atoms with Crippen LogP contribution in [0.3, 0.4) is 0 Å². The number of hydrogen-bond donors (Lipinski definition) is 2. The van der Waals surface area contributed by atoms with Crippen molar-refractivity contribution in [2.75, 3.05) is 11.9 Å². The Morgan fingerprint density at radius 1 is 1.12 bits per heavy atom. The van der Waals surface area contributed by atoms with E-state index >= 15 is 0 Å². The average molecular weight is 456 g/mol. The number of alkyl halides is 3. The summed E-state index contributed by atoms with van der Waals surface area (Å²) in [6, 6.07) is 11.9. The molecule has 3 atom stereocenters. The first-order chi connectivity index (χ1) is 15.8. The van der Waals surface area contributed by atoms with Crippen LogP contribution in [0, 0.1) is 5.92 Å². The topological polar surface area (TPSA) is 78.1 Å². The second-order valence-corrected chi connectivity index (χ2v) is 8.74. The Morgan fingerprint density at radius 2 is 1.88 bits per heavy atom. The number of nitrogens with one attached hydrogen (secondary N) is 2. The van der Waals surface area contributed by atoms with Crippen molar-refractivity contribution in [1.82, 2.24) is 14.9 Å². The van der Waals surface area contributed by atoms with Crippen molar-refractivity contribution >= 4 is 28.5 Å². The monoisotopic (exact) mass is 456 g/mol. The zero-order chi connectivity index (χ0) is 23.2. The maximum atomic E-state index is 13.1. The van der Waals surface area contributed by atoms with Gasteiger partial charge in [0, 0.05) is 36.5 Å². The summed E-state index contributed by atoms with van der Waals surface area (Å²) < 4.78 is 38.1. The highest BCUT2D eigenvalue weighted by atomic mass is 19.4. The molecule has 2 heterocycles. The first-order valence-electron chi connectivity index (χ1n) is 11.0. The van der Waals surface area contributed by atoms with Gasteiger partial charge in [-0.05, 0) is 55.7 Å². The number of imidazole rings is 1. The Kier molecular flexibility index (Phi) is 5.34. The number of carbonyl (C=O) groups is 2. The van der Waals surface area contributed by atoms with Crippen molar-refractivity contribution in [2.24, 2.45) is 5.92 Å². The molecule has 2 aromatic carbocycles. The van der Waals surface area contributed by atoms with E-state index in [0.29, 0.717) is 12.2 Å². The number of rotatable bonds is 5. The molecule has 2 aliphatic rings. The Hall–Kier alpha value is -3.36. The van der Waals surface area contributed by atoms with Crippen molar-refractivity contribution in [3.63, 3.8) is 0 Å². The van der Waals surface area contributed by atoms with Crippen molar-refractivity contribution in [3.05, 3.63) is 59.9 Å². The summed E-state index contributed by atoms with van der Waals surface area (Å²) in [7, 11) is 0. The molecule has 1 unspecified atom stereocenters. The van der Waals surface area contributed by atoms with E-state index in [-0.39, 0.29) is 36.1 Å². The van der Waals surface area contributed by atoms with Crippen molar-refractivity contribution < 1.29 is 22.8 Å². The molecular formula is C24H23F3N4O2. The number of aromatic amines is 1. The van der Waals surface area contributed by atoms with Gasteiger partial charge in [0.2, 0.25) is 11.8 Å². The zero-order valence-electron chi connectivity index (χ0n) is 17.7. The molecule has 1 saturated heterocycles. The van der Waals surface area contributed by atoms with Gasteiger partial charge in [0.05, 0.1) is 16.6 Å². The smallest absolute Gasteiger partial charge is 0.342 e. The minimum Gasteiger partial charge on any atom is -0.342 e. The molecule has 1 aromatic heterocycles. The molecule has 33 heavy (non-hydrogen) atoms. The van der Waals surface area contributed by atoms with E-state index in [1.165, 1.54) is 12.1 Å². The standard InChI is InChI=1S/C24H23F3N4O2/c25-24(26,27)14-7-9-15(10-8-14)28-21(32)12-16-4-3-11-31(16)23(33)18-13-17(18)22-29-19-5-1-2-6-20(19)30-22/h1-2,5-10,16-18H,3-4,11-13H2,(H,28,32)(H,29,30)/t16?,17-,18-/m1/s1. The summed E-state index contributed by atoms with van der Waals surface area (Å²) in [5, 5.41) is 2.64. The van der Waals surface area contributed by atoms with Gasteiger partial charge in [0.1, 0.15) is 5.82 Å². The number of amides is 2. The molecule has 2 fully saturated rings. The minimum absolute atomic E-state index is 0.0466. The van der Waals surface area contributed by atoms with E-state index in [4.69, 9.17) is 0 Å². The summed E-state index contributed by atoms with van der Waals surface area (Å²) in [6.07, 6.45) is -2.01. The lowest BCUT2D eigenvalue weighted by Crippen LogP contribution is -2.39. The predicted octanol–water partition coefficient (Wildman–Crippen LogP) is 4.71. The van der Waals surface area contributed by atoms with E-state index in [2.05, 4.69) is 15.3 Å². The molecule has 3 aromatic rings. The van der Waals surface area contributed by atoms with E-state index in [1.54, 1.807) is 4.90 Å². The van der Waals surface area contributed by atoms with Gasteiger partial charge in [0.15, 0.2) is 0 Å². The average Bonchev–Trinajstić information content (AvgIpc) is 3.24. The lowest BCUT2D eigenvalue weighted by atomic mass is 10.1. The molecule has 1 aliphatic carbocycles. The molecule has 0 spiro atoms. The normalized spacial score (nSPS) is 22.5. The number of para-hydroxylation sites is 2. The fourth-order valence-corrected chi connectivity index (χ4v) is 4.64. The SMILES string of the molecule is O=C(CC1CCCN1C(=O)[C@@H]1C[C@H]1c1nc2ccccc2[nH]1)Nc1ccc(C(F)(F)F)cc1.